The number of benzene rings is 2. The van der Waals surface area contributed by atoms with Gasteiger partial charge < -0.3 is 14.2 Å². The number of hydrogen-bond acceptors (Lipinski definition) is 3. The average molecular weight is 392 g/mol. The number of ether oxygens (including phenoxy) is 1. The van der Waals surface area contributed by atoms with E-state index in [1.54, 1.807) is 0 Å². The van der Waals surface area contributed by atoms with Gasteiger partial charge in [0.15, 0.2) is 0 Å². The maximum atomic E-state index is 5.89. The maximum Gasteiger partial charge on any atom is 0.119 e. The summed E-state index contributed by atoms with van der Waals surface area (Å²) in [6, 6.07) is 18.6. The Hall–Kier alpha value is -2.33. The summed E-state index contributed by atoms with van der Waals surface area (Å²) >= 11 is 0. The van der Waals surface area contributed by atoms with Gasteiger partial charge >= 0.3 is 0 Å². The van der Waals surface area contributed by atoms with Crippen LogP contribution < -0.4 is 4.74 Å². The quantitative estimate of drug-likeness (QED) is 0.463. The average Bonchev–Trinajstić information content (AvgIpc) is 2.91. The van der Waals surface area contributed by atoms with Gasteiger partial charge in [0.2, 0.25) is 0 Å². The topological polar surface area (TPSA) is 30.3 Å². The SMILES string of the molecule is c1ccc(OCCCn2c(CCCN3CCCCCC3)nc3ccccc32)cc1. The van der Waals surface area contributed by atoms with Crippen molar-refractivity contribution >= 4 is 11.0 Å². The first-order chi connectivity index (χ1) is 14.4. The standard InChI is InChI=1S/C25H33N3O/c1-2-9-18-27(17-8-1)19-10-16-25-26-23-14-6-7-15-24(23)28(25)20-11-21-29-22-12-4-3-5-13-22/h3-7,12-15H,1-2,8-11,16-21H2. The Morgan fingerprint density at radius 1 is 0.793 bits per heavy atom. The van der Waals surface area contributed by atoms with Crippen LogP contribution >= 0.6 is 0 Å². The predicted octanol–water partition coefficient (Wildman–Crippen LogP) is 5.31. The van der Waals surface area contributed by atoms with E-state index in [9.17, 15) is 0 Å². The first kappa shape index (κ1) is 20.0. The molecule has 4 heteroatoms. The molecule has 1 saturated heterocycles. The second-order valence-electron chi connectivity index (χ2n) is 8.04. The molecule has 1 aromatic heterocycles. The number of aryl methyl sites for hydroxylation is 2. The number of imidazole rings is 1. The highest BCUT2D eigenvalue weighted by Gasteiger charge is 2.12. The van der Waals surface area contributed by atoms with Crippen molar-refractivity contribution in [3.8, 4) is 5.75 Å². The summed E-state index contributed by atoms with van der Waals surface area (Å²) in [6.07, 6.45) is 8.73. The molecule has 1 aliphatic heterocycles. The molecule has 0 saturated carbocycles. The van der Waals surface area contributed by atoms with E-state index in [0.29, 0.717) is 0 Å². The van der Waals surface area contributed by atoms with Gasteiger partial charge in [-0.3, -0.25) is 0 Å². The molecule has 0 bridgehead atoms. The lowest BCUT2D eigenvalue weighted by molar-refractivity contribution is 0.280. The summed E-state index contributed by atoms with van der Waals surface area (Å²) in [4.78, 5) is 7.60. The fourth-order valence-electron chi connectivity index (χ4n) is 4.32. The van der Waals surface area contributed by atoms with E-state index < -0.39 is 0 Å². The van der Waals surface area contributed by atoms with E-state index in [4.69, 9.17) is 9.72 Å². The van der Waals surface area contributed by atoms with Gasteiger partial charge in [-0.15, -0.1) is 0 Å². The molecule has 0 aliphatic carbocycles. The molecule has 1 aliphatic rings. The predicted molar refractivity (Wildman–Crippen MR) is 120 cm³/mol. The summed E-state index contributed by atoms with van der Waals surface area (Å²) in [5.74, 6) is 2.17. The maximum absolute atomic E-state index is 5.89. The zero-order chi connectivity index (χ0) is 19.7. The number of likely N-dealkylation sites (tertiary alicyclic amines) is 1. The lowest BCUT2D eigenvalue weighted by Crippen LogP contribution is -2.26. The largest absolute Gasteiger partial charge is 0.494 e. The Morgan fingerprint density at radius 2 is 1.55 bits per heavy atom. The highest BCUT2D eigenvalue weighted by molar-refractivity contribution is 5.75. The summed E-state index contributed by atoms with van der Waals surface area (Å²) in [5.41, 5.74) is 2.36. The van der Waals surface area contributed by atoms with E-state index in [1.807, 2.05) is 30.3 Å². The first-order valence-corrected chi connectivity index (χ1v) is 11.2. The van der Waals surface area contributed by atoms with Gasteiger partial charge in [0, 0.05) is 13.0 Å². The molecule has 29 heavy (non-hydrogen) atoms. The molecule has 4 nitrogen and oxygen atoms in total. The second-order valence-corrected chi connectivity index (χ2v) is 8.04. The van der Waals surface area contributed by atoms with Crippen molar-refractivity contribution in [1.82, 2.24) is 14.5 Å². The molecule has 1 fully saturated rings. The van der Waals surface area contributed by atoms with Crippen LogP contribution in [0.4, 0.5) is 0 Å². The van der Waals surface area contributed by atoms with Crippen molar-refractivity contribution in [3.63, 3.8) is 0 Å². The second kappa shape index (κ2) is 10.4. The Kier molecular flexibility index (Phi) is 7.19. The van der Waals surface area contributed by atoms with Crippen LogP contribution in [0.15, 0.2) is 54.6 Å². The van der Waals surface area contributed by atoms with Crippen LogP contribution in [0.2, 0.25) is 0 Å². The van der Waals surface area contributed by atoms with Gasteiger partial charge in [-0.05, 0) is 69.6 Å². The number of aromatic nitrogens is 2. The van der Waals surface area contributed by atoms with Crippen LogP contribution in [0.25, 0.3) is 11.0 Å². The van der Waals surface area contributed by atoms with Crippen LogP contribution in [0.5, 0.6) is 5.75 Å². The Labute approximate surface area is 174 Å². The van der Waals surface area contributed by atoms with Gasteiger partial charge in [-0.1, -0.05) is 43.2 Å². The summed E-state index contributed by atoms with van der Waals surface area (Å²) in [5, 5.41) is 0. The highest BCUT2D eigenvalue weighted by Crippen LogP contribution is 2.19. The van der Waals surface area contributed by atoms with Gasteiger partial charge in [0.05, 0.1) is 17.6 Å². The van der Waals surface area contributed by atoms with Crippen LogP contribution in [0, 0.1) is 0 Å². The molecular weight excluding hydrogens is 358 g/mol. The molecule has 0 unspecified atom stereocenters. The smallest absolute Gasteiger partial charge is 0.119 e. The highest BCUT2D eigenvalue weighted by atomic mass is 16.5. The van der Waals surface area contributed by atoms with Crippen LogP contribution in [-0.4, -0.2) is 40.7 Å². The lowest BCUT2D eigenvalue weighted by atomic mass is 10.2. The molecule has 2 heterocycles. The van der Waals surface area contributed by atoms with Crippen molar-refractivity contribution in [2.75, 3.05) is 26.2 Å². The van der Waals surface area contributed by atoms with Crippen molar-refractivity contribution < 1.29 is 4.74 Å². The van der Waals surface area contributed by atoms with E-state index in [1.165, 1.54) is 63.1 Å². The van der Waals surface area contributed by atoms with E-state index in [-0.39, 0.29) is 0 Å². The molecule has 0 spiro atoms. The number of fused-ring (bicyclic) bond motifs is 1. The summed E-state index contributed by atoms with van der Waals surface area (Å²) < 4.78 is 8.30. The van der Waals surface area contributed by atoms with Crippen molar-refractivity contribution in [2.45, 2.75) is 51.5 Å². The Bertz CT molecular complexity index is 866. The van der Waals surface area contributed by atoms with Gasteiger partial charge in [0.25, 0.3) is 0 Å². The van der Waals surface area contributed by atoms with Crippen LogP contribution in [0.3, 0.4) is 0 Å². The number of para-hydroxylation sites is 3. The van der Waals surface area contributed by atoms with E-state index in [0.717, 1.165) is 37.3 Å². The minimum absolute atomic E-state index is 0.726. The molecule has 3 aromatic rings. The molecule has 154 valence electrons. The third kappa shape index (κ3) is 5.60. The van der Waals surface area contributed by atoms with Crippen LogP contribution in [-0.2, 0) is 13.0 Å². The Morgan fingerprint density at radius 3 is 2.38 bits per heavy atom. The molecule has 4 rings (SSSR count). The molecule has 0 amide bonds. The minimum atomic E-state index is 0.726. The molecular formula is C25H33N3O. The molecule has 2 aromatic carbocycles. The van der Waals surface area contributed by atoms with Gasteiger partial charge in [-0.25, -0.2) is 4.98 Å². The van der Waals surface area contributed by atoms with Crippen molar-refractivity contribution in [2.24, 2.45) is 0 Å². The van der Waals surface area contributed by atoms with E-state index in [2.05, 4.69) is 33.7 Å². The first-order valence-electron chi connectivity index (χ1n) is 11.2. The number of nitrogens with zero attached hydrogens (tertiary/aromatic N) is 3. The molecule has 0 N–H and O–H groups in total. The number of rotatable bonds is 9. The third-order valence-electron chi connectivity index (χ3n) is 5.85. The van der Waals surface area contributed by atoms with Gasteiger partial charge in [-0.2, -0.15) is 0 Å². The van der Waals surface area contributed by atoms with Gasteiger partial charge in [0.1, 0.15) is 11.6 Å². The monoisotopic (exact) mass is 391 g/mol. The lowest BCUT2D eigenvalue weighted by Gasteiger charge is -2.19. The van der Waals surface area contributed by atoms with Crippen molar-refractivity contribution in [3.05, 3.63) is 60.4 Å². The van der Waals surface area contributed by atoms with Crippen molar-refractivity contribution in [1.29, 1.82) is 0 Å². The molecule has 0 radical (unpaired) electrons. The number of hydrogen-bond donors (Lipinski definition) is 0. The summed E-state index contributed by atoms with van der Waals surface area (Å²) in [6.45, 7) is 5.41. The summed E-state index contributed by atoms with van der Waals surface area (Å²) in [7, 11) is 0. The zero-order valence-corrected chi connectivity index (χ0v) is 17.4. The fraction of sp³-hybridized carbons (Fsp3) is 0.480. The Balaban J connectivity index is 1.35. The zero-order valence-electron chi connectivity index (χ0n) is 17.4. The molecule has 0 atom stereocenters. The normalized spacial score (nSPS) is 15.4. The third-order valence-corrected chi connectivity index (χ3v) is 5.85. The van der Waals surface area contributed by atoms with E-state index >= 15 is 0 Å². The van der Waals surface area contributed by atoms with Crippen LogP contribution in [0.1, 0.15) is 44.3 Å². The fourth-order valence-corrected chi connectivity index (χ4v) is 4.32. The minimum Gasteiger partial charge on any atom is -0.494 e.